The molecule has 6 nitrogen and oxygen atoms in total. The van der Waals surface area contributed by atoms with Crippen LogP contribution in [-0.4, -0.2) is 62.3 Å². The summed E-state index contributed by atoms with van der Waals surface area (Å²) in [5.74, 6) is -0.225. The Hall–Kier alpha value is -0.960. The molecule has 2 fully saturated rings. The number of piperidine rings is 2. The number of nitrogens with one attached hydrogen (secondary N) is 1. The number of hydrogen-bond donors (Lipinski definition) is 1. The van der Waals surface area contributed by atoms with Crippen LogP contribution >= 0.6 is 11.3 Å². The zero-order valence-corrected chi connectivity index (χ0v) is 18.7. The second-order valence-electron chi connectivity index (χ2n) is 8.05. The molecule has 1 aromatic heterocycles. The summed E-state index contributed by atoms with van der Waals surface area (Å²) in [6.07, 6.45) is 5.90. The third-order valence-corrected chi connectivity index (χ3v) is 9.16. The van der Waals surface area contributed by atoms with Gasteiger partial charge in [0.1, 0.15) is 4.21 Å². The number of amides is 1. The van der Waals surface area contributed by atoms with Crippen molar-refractivity contribution in [2.75, 3.05) is 32.7 Å². The number of thiophene rings is 1. The fourth-order valence-corrected chi connectivity index (χ4v) is 7.02. The topological polar surface area (TPSA) is 69.7 Å². The van der Waals surface area contributed by atoms with Crippen LogP contribution in [0.15, 0.2) is 16.3 Å². The molecule has 2 aliphatic rings. The molecule has 158 valence electrons. The third kappa shape index (κ3) is 5.34. The summed E-state index contributed by atoms with van der Waals surface area (Å²) < 4.78 is 27.6. The van der Waals surface area contributed by atoms with Crippen molar-refractivity contribution >= 4 is 27.3 Å². The average molecular weight is 428 g/mol. The number of rotatable bonds is 7. The number of sulfonamides is 1. The highest BCUT2D eigenvalue weighted by molar-refractivity contribution is 7.91. The maximum Gasteiger partial charge on any atom is 0.252 e. The lowest BCUT2D eigenvalue weighted by atomic mass is 9.97. The van der Waals surface area contributed by atoms with Gasteiger partial charge in [-0.15, -0.1) is 11.3 Å². The second kappa shape index (κ2) is 9.69. The molecule has 3 heterocycles. The Bertz CT molecular complexity index is 755. The number of aryl methyl sites for hydroxylation is 1. The summed E-state index contributed by atoms with van der Waals surface area (Å²) in [5, 5.41) is 3.20. The lowest BCUT2D eigenvalue weighted by molar-refractivity contribution is -0.127. The van der Waals surface area contributed by atoms with Gasteiger partial charge in [0, 0.05) is 37.1 Å². The van der Waals surface area contributed by atoms with Crippen LogP contribution in [0.25, 0.3) is 0 Å². The van der Waals surface area contributed by atoms with Crippen LogP contribution in [0.3, 0.4) is 0 Å². The van der Waals surface area contributed by atoms with Gasteiger partial charge in [-0.2, -0.15) is 4.31 Å². The van der Waals surface area contributed by atoms with E-state index in [1.54, 1.807) is 6.07 Å². The molecule has 1 N–H and O–H groups in total. The first kappa shape index (κ1) is 21.7. The van der Waals surface area contributed by atoms with E-state index in [4.69, 9.17) is 0 Å². The zero-order valence-electron chi connectivity index (χ0n) is 17.0. The summed E-state index contributed by atoms with van der Waals surface area (Å²) in [7, 11) is -3.49. The molecule has 1 aromatic rings. The van der Waals surface area contributed by atoms with Gasteiger partial charge in [0.2, 0.25) is 5.91 Å². The van der Waals surface area contributed by atoms with Crippen molar-refractivity contribution < 1.29 is 13.2 Å². The van der Waals surface area contributed by atoms with E-state index in [2.05, 4.69) is 17.1 Å². The van der Waals surface area contributed by atoms with Gasteiger partial charge in [-0.25, -0.2) is 8.42 Å². The van der Waals surface area contributed by atoms with Crippen molar-refractivity contribution in [2.45, 2.75) is 62.6 Å². The fourth-order valence-electron chi connectivity index (χ4n) is 4.05. The normalized spacial score (nSPS) is 23.0. The summed E-state index contributed by atoms with van der Waals surface area (Å²) >= 11 is 1.30. The van der Waals surface area contributed by atoms with E-state index in [-0.39, 0.29) is 17.9 Å². The molecule has 2 aliphatic heterocycles. The van der Waals surface area contributed by atoms with E-state index in [0.29, 0.717) is 17.3 Å². The van der Waals surface area contributed by atoms with Crippen molar-refractivity contribution in [2.24, 2.45) is 5.92 Å². The van der Waals surface area contributed by atoms with Crippen LogP contribution in [0.4, 0.5) is 0 Å². The van der Waals surface area contributed by atoms with Crippen LogP contribution < -0.4 is 5.32 Å². The highest BCUT2D eigenvalue weighted by Gasteiger charge is 2.34. The van der Waals surface area contributed by atoms with E-state index < -0.39 is 10.0 Å². The monoisotopic (exact) mass is 427 g/mol. The Morgan fingerprint density at radius 3 is 2.61 bits per heavy atom. The first-order valence-electron chi connectivity index (χ1n) is 10.5. The summed E-state index contributed by atoms with van der Waals surface area (Å²) in [6, 6.07) is 3.72. The van der Waals surface area contributed by atoms with E-state index in [9.17, 15) is 13.2 Å². The van der Waals surface area contributed by atoms with Crippen LogP contribution in [0.5, 0.6) is 0 Å². The number of carbonyl (C=O) groups is 1. The quantitative estimate of drug-likeness (QED) is 0.726. The Kier molecular flexibility index (Phi) is 7.53. The molecule has 1 atom stereocenters. The molecule has 2 saturated heterocycles. The predicted molar refractivity (Wildman–Crippen MR) is 113 cm³/mol. The first-order valence-corrected chi connectivity index (χ1v) is 12.7. The number of nitrogens with zero attached hydrogens (tertiary/aromatic N) is 2. The minimum Gasteiger partial charge on any atom is -0.353 e. The number of unbranched alkanes of at least 4 members (excludes halogenated alkanes) is 1. The molecule has 8 heteroatoms. The summed E-state index contributed by atoms with van der Waals surface area (Å²) in [4.78, 5) is 16.2. The Labute approximate surface area is 173 Å². The van der Waals surface area contributed by atoms with Crippen LogP contribution in [0.1, 0.15) is 50.3 Å². The van der Waals surface area contributed by atoms with Crippen LogP contribution in [0.2, 0.25) is 0 Å². The Balaban J connectivity index is 1.52. The lowest BCUT2D eigenvalue weighted by Gasteiger charge is -2.35. The lowest BCUT2D eigenvalue weighted by Crippen LogP contribution is -2.50. The van der Waals surface area contributed by atoms with Gasteiger partial charge in [0.25, 0.3) is 10.0 Å². The Morgan fingerprint density at radius 1 is 1.21 bits per heavy atom. The van der Waals surface area contributed by atoms with Gasteiger partial charge in [0.05, 0.1) is 5.92 Å². The molecule has 0 radical (unpaired) electrons. The molecule has 3 rings (SSSR count). The largest absolute Gasteiger partial charge is 0.353 e. The number of likely N-dealkylation sites (tertiary alicyclic amines) is 1. The molecule has 28 heavy (non-hydrogen) atoms. The van der Waals surface area contributed by atoms with Gasteiger partial charge in [-0.1, -0.05) is 13.3 Å². The maximum atomic E-state index is 12.9. The van der Waals surface area contributed by atoms with Crippen molar-refractivity contribution in [3.63, 3.8) is 0 Å². The van der Waals surface area contributed by atoms with Gasteiger partial charge in [0.15, 0.2) is 0 Å². The highest BCUT2D eigenvalue weighted by Crippen LogP contribution is 2.28. The van der Waals surface area contributed by atoms with E-state index >= 15 is 0 Å². The molecule has 1 unspecified atom stereocenters. The van der Waals surface area contributed by atoms with Gasteiger partial charge < -0.3 is 10.2 Å². The smallest absolute Gasteiger partial charge is 0.252 e. The first-order chi connectivity index (χ1) is 13.4. The van der Waals surface area contributed by atoms with Gasteiger partial charge in [-0.05, 0) is 57.7 Å². The minimum atomic E-state index is -3.49. The molecule has 0 saturated carbocycles. The molecule has 0 aliphatic carbocycles. The third-order valence-electron chi connectivity index (χ3n) is 5.83. The standard InChI is InChI=1S/C20H33N3O3S2/c1-3-4-11-22-13-9-18(10-14-22)21-20(24)17-6-5-12-23(15-17)28(25,26)19-8-7-16(2)27-19/h7-8,17-18H,3-6,9-15H2,1-2H3,(H,21,24). The molecular formula is C20H33N3O3S2. The van der Waals surface area contributed by atoms with Crippen LogP contribution in [-0.2, 0) is 14.8 Å². The average Bonchev–Trinajstić information content (AvgIpc) is 3.15. The van der Waals surface area contributed by atoms with Crippen molar-refractivity contribution in [1.29, 1.82) is 0 Å². The zero-order chi connectivity index (χ0) is 20.1. The molecule has 0 bridgehead atoms. The molecule has 0 spiro atoms. The van der Waals surface area contributed by atoms with Gasteiger partial charge in [-0.3, -0.25) is 4.79 Å². The molecular weight excluding hydrogens is 394 g/mol. The van der Waals surface area contributed by atoms with E-state index in [0.717, 1.165) is 50.2 Å². The predicted octanol–water partition coefficient (Wildman–Crippen LogP) is 2.84. The summed E-state index contributed by atoms with van der Waals surface area (Å²) in [5.41, 5.74) is 0. The van der Waals surface area contributed by atoms with Crippen molar-refractivity contribution in [3.8, 4) is 0 Å². The van der Waals surface area contributed by atoms with Gasteiger partial charge >= 0.3 is 0 Å². The van der Waals surface area contributed by atoms with E-state index in [1.165, 1.54) is 28.5 Å². The van der Waals surface area contributed by atoms with Crippen molar-refractivity contribution in [3.05, 3.63) is 17.0 Å². The minimum absolute atomic E-state index is 0.0225. The number of carbonyl (C=O) groups excluding carboxylic acids is 1. The van der Waals surface area contributed by atoms with Crippen molar-refractivity contribution in [1.82, 2.24) is 14.5 Å². The highest BCUT2D eigenvalue weighted by atomic mass is 32.2. The maximum absolute atomic E-state index is 12.9. The number of hydrogen-bond acceptors (Lipinski definition) is 5. The molecule has 1 amide bonds. The van der Waals surface area contributed by atoms with E-state index in [1.807, 2.05) is 13.0 Å². The Morgan fingerprint density at radius 2 is 1.96 bits per heavy atom. The fraction of sp³-hybridized carbons (Fsp3) is 0.750. The molecule has 0 aromatic carbocycles. The summed E-state index contributed by atoms with van der Waals surface area (Å²) in [6.45, 7) is 8.12. The van der Waals surface area contributed by atoms with Crippen LogP contribution in [0, 0.1) is 12.8 Å². The second-order valence-corrected chi connectivity index (χ2v) is 11.5. The SMILES string of the molecule is CCCCN1CCC(NC(=O)C2CCCN(S(=O)(=O)c3ccc(C)s3)C2)CC1.